The van der Waals surface area contributed by atoms with Gasteiger partial charge in [-0.2, -0.15) is 0 Å². The highest BCUT2D eigenvalue weighted by Gasteiger charge is 2.26. The summed E-state index contributed by atoms with van der Waals surface area (Å²) in [5.74, 6) is -2.17. The van der Waals surface area contributed by atoms with Crippen molar-refractivity contribution in [3.8, 4) is 33.8 Å². The number of ether oxygens (including phenoxy) is 5. The molecule has 0 unspecified atom stereocenters. The predicted molar refractivity (Wildman–Crippen MR) is 298 cm³/mol. The molecule has 0 saturated carbocycles. The second kappa shape index (κ2) is 23.6. The molecule has 6 aromatic heterocycles. The quantitative estimate of drug-likeness (QED) is 0.0383. The van der Waals surface area contributed by atoms with E-state index in [9.17, 15) is 38.4 Å². The number of ketones is 2. The highest BCUT2D eigenvalue weighted by molar-refractivity contribution is 6.14. The van der Waals surface area contributed by atoms with Gasteiger partial charge in [-0.25, -0.2) is 18.7 Å². The van der Waals surface area contributed by atoms with Gasteiger partial charge in [-0.3, -0.25) is 28.8 Å². The summed E-state index contributed by atoms with van der Waals surface area (Å²) in [5.41, 5.74) is 4.35. The monoisotopic (exact) mass is 1100 g/mol. The standard InChI is InChI=1S/C60H52N6O15/c1-35-51(47-13-3-5-19-63(47)53(35)55(71)39-15-17-43-45(31-39)61-59(75)65(57(43)73)33-49(67)68)37-9-7-11-41(29-37)80-27-25-78-23-21-77-22-24-79-26-28-81-42-12-8-10-38(30-42)52-36(2)54(64-20-6-4-14-48(52)64)56(72)40-16-18-44-46(32-40)62-60(76)66(58(44)74)34-50(69)70/h3-20,29-32H,21-28,33-34H2,1-2H3,(H,61,75)(H,62,76)(H,67,68)(H,69,70). The van der Waals surface area contributed by atoms with Gasteiger partial charge >= 0.3 is 23.3 Å². The number of rotatable bonds is 24. The highest BCUT2D eigenvalue weighted by Crippen LogP contribution is 2.37. The Bertz CT molecular complexity index is 4090. The molecule has 21 heteroatoms. The van der Waals surface area contributed by atoms with Crippen LogP contribution in [0.5, 0.6) is 11.5 Å². The van der Waals surface area contributed by atoms with E-state index in [0.717, 1.165) is 33.3 Å². The fraction of sp³-hybridized carbons (Fsp3) is 0.200. The van der Waals surface area contributed by atoms with E-state index in [1.54, 1.807) is 21.2 Å². The third kappa shape index (κ3) is 11.2. The average Bonchev–Trinajstić information content (AvgIpc) is 3.86. The van der Waals surface area contributed by atoms with Crippen LogP contribution in [-0.4, -0.2) is 114 Å². The minimum absolute atomic E-state index is 0.0729. The van der Waals surface area contributed by atoms with Crippen LogP contribution in [0.15, 0.2) is 153 Å². The molecule has 0 amide bonds. The summed E-state index contributed by atoms with van der Waals surface area (Å²) in [7, 11) is 0. The van der Waals surface area contributed by atoms with Crippen molar-refractivity contribution in [2.45, 2.75) is 26.9 Å². The lowest BCUT2D eigenvalue weighted by atomic mass is 9.98. The van der Waals surface area contributed by atoms with E-state index in [2.05, 4.69) is 9.97 Å². The summed E-state index contributed by atoms with van der Waals surface area (Å²) in [6.07, 6.45) is 3.58. The van der Waals surface area contributed by atoms with Crippen molar-refractivity contribution in [3.63, 3.8) is 0 Å². The topological polar surface area (TPSA) is 273 Å². The number of carboxylic acids is 2. The van der Waals surface area contributed by atoms with Gasteiger partial charge in [-0.15, -0.1) is 0 Å². The van der Waals surface area contributed by atoms with Gasteiger partial charge in [0.2, 0.25) is 11.6 Å². The molecule has 0 fully saturated rings. The molecule has 6 heterocycles. The van der Waals surface area contributed by atoms with Crippen molar-refractivity contribution >= 4 is 56.3 Å². The van der Waals surface area contributed by atoms with E-state index in [1.807, 2.05) is 98.8 Å². The number of hydrogen-bond acceptors (Lipinski definition) is 13. The van der Waals surface area contributed by atoms with Crippen LogP contribution in [0, 0.1) is 13.8 Å². The molecule has 0 aliphatic carbocycles. The van der Waals surface area contributed by atoms with Crippen LogP contribution < -0.4 is 32.0 Å². The molecule has 0 spiro atoms. The Morgan fingerprint density at radius 3 is 1.26 bits per heavy atom. The number of H-pyrrole nitrogens is 2. The first-order chi connectivity index (χ1) is 39.2. The Hall–Kier alpha value is -9.96. The molecule has 10 aromatic rings. The van der Waals surface area contributed by atoms with Gasteiger partial charge in [0.25, 0.3) is 11.1 Å². The molecule has 21 nitrogen and oxygen atoms in total. The maximum absolute atomic E-state index is 14.2. The van der Waals surface area contributed by atoms with Crippen LogP contribution in [-0.2, 0) is 36.9 Å². The molecule has 81 heavy (non-hydrogen) atoms. The number of nitrogens with zero attached hydrogens (tertiary/aromatic N) is 4. The van der Waals surface area contributed by atoms with Crippen molar-refractivity contribution in [1.29, 1.82) is 0 Å². The fourth-order valence-corrected chi connectivity index (χ4v) is 10.0. The Labute approximate surface area is 458 Å². The summed E-state index contributed by atoms with van der Waals surface area (Å²) < 4.78 is 34.1. The lowest BCUT2D eigenvalue weighted by Gasteiger charge is -2.10. The minimum Gasteiger partial charge on any atom is -0.491 e. The number of carbonyl (C=O) groups excluding carboxylic acids is 2. The number of pyridine rings is 2. The van der Waals surface area contributed by atoms with Crippen molar-refractivity contribution < 1.29 is 53.1 Å². The van der Waals surface area contributed by atoms with Crippen LogP contribution in [0.1, 0.15) is 43.2 Å². The summed E-state index contributed by atoms with van der Waals surface area (Å²) in [6, 6.07) is 34.9. The summed E-state index contributed by atoms with van der Waals surface area (Å²) in [5, 5.41) is 18.5. The van der Waals surface area contributed by atoms with Gasteiger partial charge < -0.3 is 52.7 Å². The Morgan fingerprint density at radius 1 is 0.469 bits per heavy atom. The molecule has 0 bridgehead atoms. The van der Waals surface area contributed by atoms with Gasteiger partial charge in [-0.1, -0.05) is 48.5 Å². The van der Waals surface area contributed by atoms with Crippen LogP contribution in [0.3, 0.4) is 0 Å². The zero-order valence-corrected chi connectivity index (χ0v) is 43.8. The first kappa shape index (κ1) is 54.4. The van der Waals surface area contributed by atoms with Crippen molar-refractivity contribution in [2.75, 3.05) is 52.9 Å². The molecule has 10 rings (SSSR count). The van der Waals surface area contributed by atoms with Crippen molar-refractivity contribution in [1.82, 2.24) is 27.9 Å². The number of nitrogens with one attached hydrogen (secondary N) is 2. The largest absolute Gasteiger partial charge is 0.491 e. The molecular weight excluding hydrogens is 1040 g/mol. The maximum atomic E-state index is 14.2. The number of aromatic nitrogens is 6. The SMILES string of the molecule is Cc1c(-c2cccc(OCCOCCOCCOCCOc3cccc(-c4c(C)c(C(=O)c5ccc6c(=O)n(CC(=O)O)c(=O)[nH]c6c5)n5ccccc45)c3)c2)c2ccccn2c1C(=O)c1ccc2c(=O)n(CC(=O)O)c(=O)[nH]c2c1. The van der Waals surface area contributed by atoms with E-state index in [-0.39, 0.29) is 57.7 Å². The van der Waals surface area contributed by atoms with Crippen LogP contribution in [0.25, 0.3) is 55.1 Å². The Morgan fingerprint density at radius 2 is 0.864 bits per heavy atom. The number of benzene rings is 4. The Balaban J connectivity index is 0.674. The first-order valence-electron chi connectivity index (χ1n) is 25.6. The zero-order chi connectivity index (χ0) is 56.9. The smallest absolute Gasteiger partial charge is 0.329 e. The van der Waals surface area contributed by atoms with Gasteiger partial charge in [0, 0.05) is 34.6 Å². The van der Waals surface area contributed by atoms with Crippen molar-refractivity contribution in [3.05, 3.63) is 209 Å². The highest BCUT2D eigenvalue weighted by atomic mass is 16.6. The number of carbonyl (C=O) groups is 4. The molecule has 4 aromatic carbocycles. The van der Waals surface area contributed by atoms with Gasteiger partial charge in [0.05, 0.1) is 83.9 Å². The summed E-state index contributed by atoms with van der Waals surface area (Å²) in [6.45, 7) is 4.63. The molecule has 4 N–H and O–H groups in total. The molecule has 0 saturated heterocycles. The van der Waals surface area contributed by atoms with E-state index < -0.39 is 47.5 Å². The van der Waals surface area contributed by atoms with Crippen LogP contribution in [0.2, 0.25) is 0 Å². The second-order valence-electron chi connectivity index (χ2n) is 18.8. The summed E-state index contributed by atoms with van der Waals surface area (Å²) >= 11 is 0. The van der Waals surface area contributed by atoms with Gasteiger partial charge in [-0.05, 0) is 109 Å². The number of fused-ring (bicyclic) bond motifs is 4. The lowest BCUT2D eigenvalue weighted by Crippen LogP contribution is -2.37. The fourth-order valence-electron chi connectivity index (χ4n) is 10.0. The number of carboxylic acid groups (broad SMARTS) is 2. The molecule has 0 atom stereocenters. The second-order valence-corrected chi connectivity index (χ2v) is 18.8. The Kier molecular flexibility index (Phi) is 15.8. The van der Waals surface area contributed by atoms with E-state index in [1.165, 1.54) is 36.4 Å². The third-order valence-corrected chi connectivity index (χ3v) is 13.7. The summed E-state index contributed by atoms with van der Waals surface area (Å²) in [4.78, 5) is 107. The van der Waals surface area contributed by atoms with Gasteiger partial charge in [0.1, 0.15) is 37.8 Å². The van der Waals surface area contributed by atoms with Gasteiger partial charge in [0.15, 0.2) is 0 Å². The van der Waals surface area contributed by atoms with E-state index >= 15 is 0 Å². The van der Waals surface area contributed by atoms with E-state index in [4.69, 9.17) is 33.9 Å². The third-order valence-electron chi connectivity index (χ3n) is 13.7. The van der Waals surface area contributed by atoms with Crippen molar-refractivity contribution in [2.24, 2.45) is 0 Å². The predicted octanol–water partition coefficient (Wildman–Crippen LogP) is 6.29. The number of aromatic amines is 2. The number of hydrogen-bond donors (Lipinski definition) is 4. The first-order valence-corrected chi connectivity index (χ1v) is 25.6. The lowest BCUT2D eigenvalue weighted by molar-refractivity contribution is -0.138. The van der Waals surface area contributed by atoms with Crippen LogP contribution >= 0.6 is 0 Å². The molecule has 0 aliphatic rings. The maximum Gasteiger partial charge on any atom is 0.329 e. The molecule has 0 aliphatic heterocycles. The minimum atomic E-state index is -1.34. The molecule has 412 valence electrons. The molecule has 0 radical (unpaired) electrons. The van der Waals surface area contributed by atoms with Crippen LogP contribution in [0.4, 0.5) is 0 Å². The normalized spacial score (nSPS) is 11.5. The number of aliphatic carboxylic acids is 2. The average molecular weight is 1100 g/mol. The van der Waals surface area contributed by atoms with E-state index in [0.29, 0.717) is 82.8 Å². The molecular formula is C60H52N6O15. The zero-order valence-electron chi connectivity index (χ0n) is 43.8.